The molecule has 0 amide bonds. The number of aliphatic hydroxyl groups is 2. The van der Waals surface area contributed by atoms with Crippen LogP contribution in [0.5, 0.6) is 0 Å². The molecule has 104 valence electrons. The minimum atomic E-state index is -3.98. The van der Waals surface area contributed by atoms with Gasteiger partial charge in [-0.2, -0.15) is 9.57 Å². The molecule has 0 saturated carbocycles. The van der Waals surface area contributed by atoms with Gasteiger partial charge in [0.1, 0.15) is 11.0 Å². The van der Waals surface area contributed by atoms with Crippen molar-refractivity contribution in [3.8, 4) is 6.07 Å². The van der Waals surface area contributed by atoms with Gasteiger partial charge < -0.3 is 10.2 Å². The highest BCUT2D eigenvalue weighted by Gasteiger charge is 2.27. The Bertz CT molecular complexity index is 577. The van der Waals surface area contributed by atoms with Crippen LogP contribution in [-0.4, -0.2) is 49.2 Å². The van der Waals surface area contributed by atoms with E-state index in [0.717, 1.165) is 4.31 Å². The molecule has 0 unspecified atom stereocenters. The van der Waals surface area contributed by atoms with Crippen molar-refractivity contribution < 1.29 is 18.6 Å². The molecule has 0 bridgehead atoms. The zero-order valence-corrected chi connectivity index (χ0v) is 11.5. The quantitative estimate of drug-likeness (QED) is 0.781. The van der Waals surface area contributed by atoms with Gasteiger partial charge in [0.15, 0.2) is 0 Å². The Balaban J connectivity index is 3.34. The second-order valence-corrected chi connectivity index (χ2v) is 5.89. The summed E-state index contributed by atoms with van der Waals surface area (Å²) in [5.41, 5.74) is -0.148. The molecule has 1 aromatic rings. The molecular formula is C11H13ClN2O4S. The first-order chi connectivity index (χ1) is 8.98. The second kappa shape index (κ2) is 6.84. The Hall–Kier alpha value is -1.17. The summed E-state index contributed by atoms with van der Waals surface area (Å²) in [7, 11) is -3.98. The van der Waals surface area contributed by atoms with Crippen molar-refractivity contribution in [1.29, 1.82) is 5.26 Å². The van der Waals surface area contributed by atoms with Gasteiger partial charge >= 0.3 is 0 Å². The number of nitrogens with zero attached hydrogens (tertiary/aromatic N) is 2. The van der Waals surface area contributed by atoms with Crippen molar-refractivity contribution in [1.82, 2.24) is 4.31 Å². The molecule has 0 aliphatic carbocycles. The van der Waals surface area contributed by atoms with E-state index in [0.29, 0.717) is 0 Å². The van der Waals surface area contributed by atoms with Crippen LogP contribution in [0, 0.1) is 11.3 Å². The number of nitriles is 1. The number of benzene rings is 1. The molecule has 0 fully saturated rings. The Labute approximate surface area is 116 Å². The highest BCUT2D eigenvalue weighted by atomic mass is 35.5. The van der Waals surface area contributed by atoms with Crippen LogP contribution in [0.1, 0.15) is 5.56 Å². The van der Waals surface area contributed by atoms with Gasteiger partial charge in [0.2, 0.25) is 10.0 Å². The number of rotatable bonds is 6. The van der Waals surface area contributed by atoms with Crippen LogP contribution < -0.4 is 0 Å². The molecule has 8 heteroatoms. The van der Waals surface area contributed by atoms with E-state index < -0.39 is 10.0 Å². The van der Waals surface area contributed by atoms with E-state index in [1.165, 1.54) is 18.2 Å². The molecule has 0 heterocycles. The van der Waals surface area contributed by atoms with Gasteiger partial charge in [0.25, 0.3) is 0 Å². The first kappa shape index (κ1) is 15.9. The Kier molecular flexibility index (Phi) is 5.72. The largest absolute Gasteiger partial charge is 0.395 e. The standard InChI is InChI=1S/C11H13ClN2O4S/c12-10-2-1-3-11(9(10)8-13)19(17,18)14(4-6-15)5-7-16/h1-3,15-16H,4-7H2. The van der Waals surface area contributed by atoms with E-state index in [1.807, 2.05) is 0 Å². The van der Waals surface area contributed by atoms with Crippen molar-refractivity contribution in [2.75, 3.05) is 26.3 Å². The molecule has 0 radical (unpaired) electrons. The predicted molar refractivity (Wildman–Crippen MR) is 69.1 cm³/mol. The summed E-state index contributed by atoms with van der Waals surface area (Å²) in [6, 6.07) is 5.85. The van der Waals surface area contributed by atoms with Gasteiger partial charge in [0, 0.05) is 13.1 Å². The molecule has 0 atom stereocenters. The van der Waals surface area contributed by atoms with Crippen LogP contribution in [0.15, 0.2) is 23.1 Å². The zero-order valence-electron chi connectivity index (χ0n) is 9.95. The summed E-state index contributed by atoms with van der Waals surface area (Å²) in [6.45, 7) is -1.11. The minimum Gasteiger partial charge on any atom is -0.395 e. The minimum absolute atomic E-state index is 0.0384. The molecule has 0 saturated heterocycles. The fourth-order valence-electron chi connectivity index (χ4n) is 1.54. The van der Waals surface area contributed by atoms with Gasteiger partial charge in [0.05, 0.1) is 23.8 Å². The van der Waals surface area contributed by atoms with E-state index in [9.17, 15) is 8.42 Å². The lowest BCUT2D eigenvalue weighted by molar-refractivity contribution is 0.217. The maximum Gasteiger partial charge on any atom is 0.244 e. The van der Waals surface area contributed by atoms with Gasteiger partial charge in [-0.1, -0.05) is 17.7 Å². The predicted octanol–water partition coefficient (Wildman–Crippen LogP) is 0.187. The third-order valence-corrected chi connectivity index (χ3v) is 4.66. The fraction of sp³-hybridized carbons (Fsp3) is 0.364. The Morgan fingerprint density at radius 1 is 1.26 bits per heavy atom. The smallest absolute Gasteiger partial charge is 0.244 e. The van der Waals surface area contributed by atoms with Crippen LogP contribution >= 0.6 is 11.6 Å². The number of sulfonamides is 1. The van der Waals surface area contributed by atoms with Crippen LogP contribution in [0.3, 0.4) is 0 Å². The first-order valence-corrected chi connectivity index (χ1v) is 7.21. The average Bonchev–Trinajstić information content (AvgIpc) is 2.38. The second-order valence-electron chi connectivity index (χ2n) is 3.58. The maximum atomic E-state index is 12.3. The monoisotopic (exact) mass is 304 g/mol. The van der Waals surface area contributed by atoms with E-state index in [2.05, 4.69) is 0 Å². The fourth-order valence-corrected chi connectivity index (χ4v) is 3.40. The Morgan fingerprint density at radius 3 is 2.32 bits per heavy atom. The van der Waals surface area contributed by atoms with E-state index in [4.69, 9.17) is 27.1 Å². The normalized spacial score (nSPS) is 11.5. The van der Waals surface area contributed by atoms with Gasteiger partial charge in [-0.25, -0.2) is 8.42 Å². The number of aliphatic hydroxyl groups excluding tert-OH is 2. The molecule has 0 aliphatic rings. The lowest BCUT2D eigenvalue weighted by atomic mass is 10.2. The summed E-state index contributed by atoms with van der Waals surface area (Å²) < 4.78 is 25.6. The lowest BCUT2D eigenvalue weighted by Crippen LogP contribution is -2.36. The number of hydrogen-bond donors (Lipinski definition) is 2. The molecule has 1 rings (SSSR count). The van der Waals surface area contributed by atoms with Gasteiger partial charge in [-0.15, -0.1) is 0 Å². The summed E-state index contributed by atoms with van der Waals surface area (Å²) in [6.07, 6.45) is 0. The van der Waals surface area contributed by atoms with Crippen molar-refractivity contribution in [2.45, 2.75) is 4.90 Å². The maximum absolute atomic E-state index is 12.3. The highest BCUT2D eigenvalue weighted by Crippen LogP contribution is 2.25. The van der Waals surface area contributed by atoms with Gasteiger partial charge in [-0.3, -0.25) is 0 Å². The molecular weight excluding hydrogens is 292 g/mol. The first-order valence-electron chi connectivity index (χ1n) is 5.39. The summed E-state index contributed by atoms with van der Waals surface area (Å²) >= 11 is 5.79. The SMILES string of the molecule is N#Cc1c(Cl)cccc1S(=O)(=O)N(CCO)CCO. The Morgan fingerprint density at radius 2 is 1.84 bits per heavy atom. The average molecular weight is 305 g/mol. The summed E-state index contributed by atoms with van der Waals surface area (Å²) in [5, 5.41) is 26.8. The van der Waals surface area contributed by atoms with Crippen LogP contribution in [-0.2, 0) is 10.0 Å². The molecule has 19 heavy (non-hydrogen) atoms. The molecule has 6 nitrogen and oxygen atoms in total. The van der Waals surface area contributed by atoms with Crippen molar-refractivity contribution >= 4 is 21.6 Å². The van der Waals surface area contributed by atoms with Crippen molar-refractivity contribution in [3.63, 3.8) is 0 Å². The highest BCUT2D eigenvalue weighted by molar-refractivity contribution is 7.89. The van der Waals surface area contributed by atoms with Crippen molar-refractivity contribution in [3.05, 3.63) is 28.8 Å². The molecule has 2 N–H and O–H groups in total. The zero-order chi connectivity index (χ0) is 14.5. The van der Waals surface area contributed by atoms with Gasteiger partial charge in [-0.05, 0) is 12.1 Å². The van der Waals surface area contributed by atoms with E-state index in [1.54, 1.807) is 6.07 Å². The number of halogens is 1. The molecule has 0 aromatic heterocycles. The summed E-state index contributed by atoms with van der Waals surface area (Å²) in [5.74, 6) is 0. The molecule has 0 spiro atoms. The molecule has 0 aliphatic heterocycles. The van der Waals surface area contributed by atoms with Crippen LogP contribution in [0.25, 0.3) is 0 Å². The van der Waals surface area contributed by atoms with E-state index >= 15 is 0 Å². The third kappa shape index (κ3) is 3.43. The van der Waals surface area contributed by atoms with Crippen LogP contribution in [0.4, 0.5) is 0 Å². The summed E-state index contributed by atoms with van der Waals surface area (Å²) in [4.78, 5) is -0.232. The lowest BCUT2D eigenvalue weighted by Gasteiger charge is -2.21. The van der Waals surface area contributed by atoms with Crippen LogP contribution in [0.2, 0.25) is 5.02 Å². The van der Waals surface area contributed by atoms with Crippen molar-refractivity contribution in [2.24, 2.45) is 0 Å². The number of hydrogen-bond acceptors (Lipinski definition) is 5. The van der Waals surface area contributed by atoms with E-state index in [-0.39, 0.29) is 41.8 Å². The third-order valence-electron chi connectivity index (χ3n) is 2.40. The topological polar surface area (TPSA) is 102 Å². The molecule has 1 aromatic carbocycles.